The van der Waals surface area contributed by atoms with Gasteiger partial charge in [0.15, 0.2) is 0 Å². The molecule has 21 heavy (non-hydrogen) atoms. The van der Waals surface area contributed by atoms with E-state index in [9.17, 15) is 0 Å². The van der Waals surface area contributed by atoms with Gasteiger partial charge in [-0.2, -0.15) is 0 Å². The summed E-state index contributed by atoms with van der Waals surface area (Å²) < 4.78 is 12.7. The van der Waals surface area contributed by atoms with Crippen molar-refractivity contribution in [2.45, 2.75) is 32.2 Å². The summed E-state index contributed by atoms with van der Waals surface area (Å²) in [4.78, 5) is 4.65. The number of alkyl halides is 1. The number of rotatable bonds is 8. The van der Waals surface area contributed by atoms with Crippen LogP contribution in [0.5, 0.6) is 0 Å². The van der Waals surface area contributed by atoms with Gasteiger partial charge in [0.2, 0.25) is 0 Å². The molecule has 0 aliphatic carbocycles. The number of aromatic nitrogens is 2. The van der Waals surface area contributed by atoms with Gasteiger partial charge >= 0.3 is 0 Å². The van der Waals surface area contributed by atoms with Gasteiger partial charge in [-0.05, 0) is 38.0 Å². The fourth-order valence-electron chi connectivity index (χ4n) is 2.36. The van der Waals surface area contributed by atoms with E-state index in [-0.39, 0.29) is 5.38 Å². The fraction of sp³-hybridized carbons (Fsp3) is 0.562. The van der Waals surface area contributed by atoms with Gasteiger partial charge in [-0.15, -0.1) is 11.6 Å². The van der Waals surface area contributed by atoms with E-state index < -0.39 is 0 Å². The van der Waals surface area contributed by atoms with Gasteiger partial charge < -0.3 is 14.0 Å². The quantitative estimate of drug-likeness (QED) is 0.551. The number of halogens is 1. The number of ether oxygens (including phenoxy) is 2. The largest absolute Gasteiger partial charge is 0.382 e. The zero-order valence-corrected chi connectivity index (χ0v) is 13.7. The number of benzene rings is 1. The Bertz CT molecular complexity index is 581. The number of nitrogens with zero attached hydrogens (tertiary/aromatic N) is 2. The van der Waals surface area contributed by atoms with Gasteiger partial charge in [0, 0.05) is 20.3 Å². The third kappa shape index (κ3) is 4.19. The lowest BCUT2D eigenvalue weighted by atomic mass is 10.2. The zero-order chi connectivity index (χ0) is 15.2. The maximum atomic E-state index is 6.27. The number of fused-ring (bicyclic) bond motifs is 1. The van der Waals surface area contributed by atoms with Crippen molar-refractivity contribution in [2.75, 3.05) is 26.9 Å². The van der Waals surface area contributed by atoms with E-state index in [1.165, 1.54) is 5.56 Å². The molecule has 0 amide bonds. The van der Waals surface area contributed by atoms with Crippen LogP contribution in [0.15, 0.2) is 18.2 Å². The lowest BCUT2D eigenvalue weighted by Gasteiger charge is -2.11. The Morgan fingerprint density at radius 1 is 1.29 bits per heavy atom. The summed E-state index contributed by atoms with van der Waals surface area (Å²) in [6.07, 6.45) is 0.930. The van der Waals surface area contributed by atoms with Crippen molar-refractivity contribution in [3.8, 4) is 0 Å². The molecule has 1 unspecified atom stereocenters. The number of hydrogen-bond acceptors (Lipinski definition) is 3. The summed E-state index contributed by atoms with van der Waals surface area (Å²) in [5.74, 6) is 0.925. The SMILES string of the molecule is COCCOCCCn1c(C(C)Cl)nc2ccc(C)cc21. The highest BCUT2D eigenvalue weighted by Gasteiger charge is 2.14. The topological polar surface area (TPSA) is 36.3 Å². The van der Waals surface area contributed by atoms with Crippen molar-refractivity contribution >= 4 is 22.6 Å². The average molecular weight is 311 g/mol. The predicted octanol–water partition coefficient (Wildman–Crippen LogP) is 3.70. The molecule has 1 heterocycles. The first-order valence-corrected chi connectivity index (χ1v) is 7.74. The number of imidazole rings is 1. The Hall–Kier alpha value is -1.10. The summed E-state index contributed by atoms with van der Waals surface area (Å²) >= 11 is 6.27. The van der Waals surface area contributed by atoms with Gasteiger partial charge in [-0.25, -0.2) is 4.98 Å². The number of aryl methyl sites for hydroxylation is 2. The second-order valence-electron chi connectivity index (χ2n) is 5.19. The van der Waals surface area contributed by atoms with Crippen LogP contribution in [0.4, 0.5) is 0 Å². The van der Waals surface area contributed by atoms with Crippen molar-refractivity contribution < 1.29 is 9.47 Å². The van der Waals surface area contributed by atoms with Crippen LogP contribution < -0.4 is 0 Å². The maximum Gasteiger partial charge on any atom is 0.127 e. The molecule has 1 aromatic heterocycles. The molecule has 2 aromatic rings. The molecule has 0 saturated carbocycles. The molecular weight excluding hydrogens is 288 g/mol. The summed E-state index contributed by atoms with van der Waals surface area (Å²) in [5, 5.41) is -0.105. The Balaban J connectivity index is 2.09. The van der Waals surface area contributed by atoms with Crippen LogP contribution in [-0.2, 0) is 16.0 Å². The van der Waals surface area contributed by atoms with Crippen LogP contribution in [0.3, 0.4) is 0 Å². The Morgan fingerprint density at radius 3 is 2.81 bits per heavy atom. The third-order valence-electron chi connectivity index (χ3n) is 3.39. The van der Waals surface area contributed by atoms with Crippen LogP contribution in [0.1, 0.15) is 30.1 Å². The smallest absolute Gasteiger partial charge is 0.127 e. The van der Waals surface area contributed by atoms with Gasteiger partial charge in [0.1, 0.15) is 5.82 Å². The Kier molecular flexibility index (Phi) is 6.03. The van der Waals surface area contributed by atoms with E-state index in [0.29, 0.717) is 19.8 Å². The first-order valence-electron chi connectivity index (χ1n) is 7.31. The van der Waals surface area contributed by atoms with Gasteiger partial charge in [-0.1, -0.05) is 6.07 Å². The van der Waals surface area contributed by atoms with E-state index >= 15 is 0 Å². The highest BCUT2D eigenvalue weighted by Crippen LogP contribution is 2.25. The molecule has 0 N–H and O–H groups in total. The fourth-order valence-corrected chi connectivity index (χ4v) is 2.53. The molecule has 5 heteroatoms. The molecule has 0 saturated heterocycles. The van der Waals surface area contributed by atoms with E-state index in [4.69, 9.17) is 21.1 Å². The first kappa shape index (κ1) is 16.3. The van der Waals surface area contributed by atoms with Crippen molar-refractivity contribution in [3.05, 3.63) is 29.6 Å². The summed E-state index contributed by atoms with van der Waals surface area (Å²) in [6.45, 7) is 6.90. The normalized spacial score (nSPS) is 13.0. The van der Waals surface area contributed by atoms with Gasteiger partial charge in [-0.3, -0.25) is 0 Å². The number of methoxy groups -OCH3 is 1. The molecule has 0 fully saturated rings. The van der Waals surface area contributed by atoms with Crippen LogP contribution >= 0.6 is 11.6 Å². The standard InChI is InChI=1S/C16H23ClN2O2/c1-12-5-6-14-15(11-12)19(16(18-14)13(2)17)7-4-8-21-10-9-20-3/h5-6,11,13H,4,7-10H2,1-3H3. The monoisotopic (exact) mass is 310 g/mol. The average Bonchev–Trinajstić information content (AvgIpc) is 2.81. The van der Waals surface area contributed by atoms with Crippen molar-refractivity contribution in [2.24, 2.45) is 0 Å². The Morgan fingerprint density at radius 2 is 2.10 bits per heavy atom. The predicted molar refractivity (Wildman–Crippen MR) is 86.1 cm³/mol. The first-order chi connectivity index (χ1) is 10.1. The van der Waals surface area contributed by atoms with Crippen LogP contribution in [0.25, 0.3) is 11.0 Å². The van der Waals surface area contributed by atoms with Crippen LogP contribution in [0.2, 0.25) is 0 Å². The molecule has 4 nitrogen and oxygen atoms in total. The molecule has 0 bridgehead atoms. The molecule has 0 radical (unpaired) electrons. The minimum absolute atomic E-state index is 0.105. The zero-order valence-electron chi connectivity index (χ0n) is 12.9. The van der Waals surface area contributed by atoms with Gasteiger partial charge in [0.05, 0.1) is 29.6 Å². The molecular formula is C16H23ClN2O2. The second-order valence-corrected chi connectivity index (χ2v) is 5.84. The van der Waals surface area contributed by atoms with E-state index in [2.05, 4.69) is 34.7 Å². The van der Waals surface area contributed by atoms with Crippen LogP contribution in [0, 0.1) is 6.92 Å². The van der Waals surface area contributed by atoms with Gasteiger partial charge in [0.25, 0.3) is 0 Å². The highest BCUT2D eigenvalue weighted by atomic mass is 35.5. The van der Waals surface area contributed by atoms with E-state index in [1.807, 2.05) is 6.92 Å². The Labute approximate surface area is 131 Å². The van der Waals surface area contributed by atoms with Crippen molar-refractivity contribution in [1.82, 2.24) is 9.55 Å². The molecule has 0 aliphatic heterocycles. The molecule has 2 rings (SSSR count). The molecule has 116 valence electrons. The lowest BCUT2D eigenvalue weighted by molar-refractivity contribution is 0.0680. The molecule has 0 aliphatic rings. The third-order valence-corrected chi connectivity index (χ3v) is 3.59. The minimum Gasteiger partial charge on any atom is -0.382 e. The lowest BCUT2D eigenvalue weighted by Crippen LogP contribution is -2.09. The van der Waals surface area contributed by atoms with Crippen molar-refractivity contribution in [3.63, 3.8) is 0 Å². The minimum atomic E-state index is -0.105. The van der Waals surface area contributed by atoms with E-state index in [1.54, 1.807) is 7.11 Å². The molecule has 1 aromatic carbocycles. The van der Waals surface area contributed by atoms with Crippen LogP contribution in [-0.4, -0.2) is 36.5 Å². The highest BCUT2D eigenvalue weighted by molar-refractivity contribution is 6.20. The molecule has 0 spiro atoms. The summed E-state index contributed by atoms with van der Waals surface area (Å²) in [6, 6.07) is 6.30. The summed E-state index contributed by atoms with van der Waals surface area (Å²) in [7, 11) is 1.68. The maximum absolute atomic E-state index is 6.27. The number of hydrogen-bond donors (Lipinski definition) is 0. The summed E-state index contributed by atoms with van der Waals surface area (Å²) in [5.41, 5.74) is 3.38. The van der Waals surface area contributed by atoms with E-state index in [0.717, 1.165) is 29.8 Å². The molecule has 1 atom stereocenters. The van der Waals surface area contributed by atoms with Crippen molar-refractivity contribution in [1.29, 1.82) is 0 Å². The second kappa shape index (κ2) is 7.78.